The molecule has 0 aliphatic rings. The predicted octanol–water partition coefficient (Wildman–Crippen LogP) is 38.2. The van der Waals surface area contributed by atoms with Crippen LogP contribution in [-0.4, -0.2) is 0 Å². The average Bonchev–Trinajstić information content (AvgIpc) is 0.719. The average molecular weight is 1910 g/mol. The third-order valence-corrected chi connectivity index (χ3v) is 26.8. The fraction of sp³-hybridized carbons (Fsp3) is 0. The second kappa shape index (κ2) is 38.1. The Kier molecular flexibility index (Phi) is 23.7. The van der Waals surface area contributed by atoms with Gasteiger partial charge in [-0.1, -0.05) is 182 Å². The molecule has 0 aromatic heterocycles. The molecule has 0 aliphatic carbocycles. The van der Waals surface area contributed by atoms with E-state index in [1.807, 2.05) is 168 Å². The van der Waals surface area contributed by atoms with Gasteiger partial charge in [0.15, 0.2) is 5.69 Å². The van der Waals surface area contributed by atoms with Gasteiger partial charge in [0.1, 0.15) is 58.2 Å². The zero-order chi connectivity index (χ0) is 99.5. The Bertz CT molecular complexity index is 8530. The molecule has 146 heavy (non-hydrogen) atoms. The molecule has 0 fully saturated rings. The van der Waals surface area contributed by atoms with Crippen LogP contribution in [-0.2, 0) is 0 Å². The lowest BCUT2D eigenvalue weighted by molar-refractivity contribution is 0.627. The lowest BCUT2D eigenvalue weighted by Gasteiger charge is -2.30. The van der Waals surface area contributed by atoms with Crippen LogP contribution < -0.4 is 19.6 Å². The molecule has 6 nitrogen and oxygen atoms in total. The number of benzene rings is 24. The molecule has 16 heteroatoms. The maximum absolute atomic E-state index is 14.9. The van der Waals surface area contributed by atoms with Crippen LogP contribution in [0.1, 0.15) is 5.56 Å². The van der Waals surface area contributed by atoms with E-state index in [4.69, 9.17) is 6.57 Å². The molecular weight excluding hydrogens is 1840 g/mol. The summed E-state index contributed by atoms with van der Waals surface area (Å²) in [6, 6.07) is 137. The van der Waals surface area contributed by atoms with Gasteiger partial charge in [-0.15, -0.1) is 0 Å². The largest absolute Gasteiger partial charge is 0.310 e. The van der Waals surface area contributed by atoms with Gasteiger partial charge in [0.05, 0.1) is 41.0 Å². The molecule has 696 valence electrons. The molecule has 0 unspecified atom stereocenters. The molecule has 0 aliphatic heterocycles. The number of anilines is 12. The summed E-state index contributed by atoms with van der Waals surface area (Å²) in [5.74, 6) is -4.00. The summed E-state index contributed by atoms with van der Waals surface area (Å²) in [6.07, 6.45) is 0. The van der Waals surface area contributed by atoms with E-state index in [9.17, 15) is 49.2 Å². The van der Waals surface area contributed by atoms with Crippen molar-refractivity contribution < 1.29 is 43.9 Å². The van der Waals surface area contributed by atoms with Gasteiger partial charge in [-0.05, 0) is 411 Å². The maximum atomic E-state index is 14.9. The van der Waals surface area contributed by atoms with Gasteiger partial charge < -0.3 is 19.6 Å². The number of halogens is 10. The molecule has 24 aromatic carbocycles. The Balaban J connectivity index is 0.000000161. The van der Waals surface area contributed by atoms with Gasteiger partial charge in [-0.25, -0.2) is 48.7 Å². The second-order valence-electron chi connectivity index (χ2n) is 35.9. The first kappa shape index (κ1) is 90.7. The van der Waals surface area contributed by atoms with E-state index < -0.39 is 34.9 Å². The van der Waals surface area contributed by atoms with E-state index in [1.54, 1.807) is 97.1 Å². The summed E-state index contributed by atoms with van der Waals surface area (Å²) >= 11 is 0. The summed E-state index contributed by atoms with van der Waals surface area (Å²) < 4.78 is 149. The Hall–Kier alpha value is -19.2. The van der Waals surface area contributed by atoms with E-state index in [-0.39, 0.29) is 23.3 Å². The highest BCUT2D eigenvalue weighted by molar-refractivity contribution is 6.30. The first-order chi connectivity index (χ1) is 71.3. The monoisotopic (exact) mass is 1910 g/mol. The highest BCUT2D eigenvalue weighted by Crippen LogP contribution is 2.54. The Morgan fingerprint density at radius 1 is 0.178 bits per heavy atom. The van der Waals surface area contributed by atoms with Gasteiger partial charge in [0.2, 0.25) is 0 Å². The summed E-state index contributed by atoms with van der Waals surface area (Å²) in [6.45, 7) is 7.76. The molecule has 0 atom stereocenters. The molecule has 0 saturated carbocycles. The summed E-state index contributed by atoms with van der Waals surface area (Å²) in [5, 5.41) is 21.2. The van der Waals surface area contributed by atoms with E-state index in [0.29, 0.717) is 118 Å². The molecule has 0 N–H and O–H groups in total. The summed E-state index contributed by atoms with van der Waals surface area (Å²) in [7, 11) is 0. The van der Waals surface area contributed by atoms with Gasteiger partial charge >= 0.3 is 0 Å². The van der Waals surface area contributed by atoms with Gasteiger partial charge in [-0.2, -0.15) is 5.26 Å². The fourth-order valence-electron chi connectivity index (χ4n) is 20.2. The molecule has 24 aromatic rings. The van der Waals surface area contributed by atoms with E-state index >= 15 is 0 Å². The minimum Gasteiger partial charge on any atom is -0.310 e. The normalized spacial score (nSPS) is 11.3. The fourth-order valence-corrected chi connectivity index (χ4v) is 20.2. The van der Waals surface area contributed by atoms with Crippen LogP contribution in [0.15, 0.2) is 461 Å². The SMILES string of the molecule is Fc1ccc(N(c2cc(-c3cccc(F)c3)cc(-c3cccc(F)c3)c2)c2ccc3ccc4c(N(c5ccc(F)cc5)c5cc(-c6cccc(F)c6)cc(-c6cccc(F)c6)c5)ccc5ccc2c3c54)cc1.[C-]#[N+]c1ccc(N(c2cc(-c3cccc(F)c3)cc(-c3cccc(F)c3)c2)c2ccc3ccc4c(N(c5ccc(C#N)cc5)c5cc(-c6cccc(F)c6)cc(-c6cccc(F)c6)c5)ccc5ccc2c3c54)cc1. The Morgan fingerprint density at radius 2 is 0.370 bits per heavy atom. The quantitative estimate of drug-likeness (QED) is 0.0432. The van der Waals surface area contributed by atoms with Crippen LogP contribution in [0.4, 0.5) is 118 Å². The minimum absolute atomic E-state index is 0.387. The van der Waals surface area contributed by atoms with Gasteiger partial charge in [-0.3, -0.25) is 0 Å². The lowest BCUT2D eigenvalue weighted by Crippen LogP contribution is -2.12. The summed E-state index contributed by atoms with van der Waals surface area (Å²) in [5.41, 5.74) is 20.3. The Morgan fingerprint density at radius 3 is 0.562 bits per heavy atom. The van der Waals surface area contributed by atoms with Crippen molar-refractivity contribution in [2.75, 3.05) is 19.6 Å². The van der Waals surface area contributed by atoms with Crippen LogP contribution in [0.3, 0.4) is 0 Å². The maximum Gasteiger partial charge on any atom is 0.187 e. The molecule has 0 spiro atoms. The minimum atomic E-state index is -0.411. The van der Waals surface area contributed by atoms with E-state index in [2.05, 4.69) is 106 Å². The number of hydrogen-bond acceptors (Lipinski definition) is 5. The molecule has 0 bridgehead atoms. The van der Waals surface area contributed by atoms with Crippen LogP contribution in [0.2, 0.25) is 0 Å². The van der Waals surface area contributed by atoms with Crippen molar-refractivity contribution >= 4 is 139 Å². The summed E-state index contributed by atoms with van der Waals surface area (Å²) in [4.78, 5) is 12.0. The predicted molar refractivity (Wildman–Crippen MR) is 573 cm³/mol. The molecular formula is C130H76F10N6. The molecule has 24 rings (SSSR count). The molecule has 0 saturated heterocycles. The van der Waals surface area contributed by atoms with Crippen LogP contribution in [0.25, 0.3) is 158 Å². The molecule has 0 radical (unpaired) electrons. The third kappa shape index (κ3) is 17.7. The molecule has 0 heterocycles. The highest BCUT2D eigenvalue weighted by Gasteiger charge is 2.29. The van der Waals surface area contributed by atoms with Crippen LogP contribution in [0, 0.1) is 76.1 Å². The second-order valence-corrected chi connectivity index (χ2v) is 35.9. The molecule has 0 amide bonds. The highest BCUT2D eigenvalue weighted by atomic mass is 19.2. The van der Waals surface area contributed by atoms with Crippen molar-refractivity contribution in [2.24, 2.45) is 0 Å². The number of nitrogens with zero attached hydrogens (tertiary/aromatic N) is 6. The van der Waals surface area contributed by atoms with E-state index in [1.165, 1.54) is 121 Å². The van der Waals surface area contributed by atoms with Crippen molar-refractivity contribution in [1.82, 2.24) is 0 Å². The number of nitriles is 1. The van der Waals surface area contributed by atoms with Crippen LogP contribution >= 0.6 is 0 Å². The zero-order valence-corrected chi connectivity index (χ0v) is 77.3. The van der Waals surface area contributed by atoms with Crippen molar-refractivity contribution in [1.29, 1.82) is 5.26 Å². The third-order valence-electron chi connectivity index (χ3n) is 26.8. The Labute approximate surface area is 833 Å². The van der Waals surface area contributed by atoms with Crippen molar-refractivity contribution in [3.63, 3.8) is 0 Å². The zero-order valence-electron chi connectivity index (χ0n) is 77.3. The van der Waals surface area contributed by atoms with Crippen LogP contribution in [0.5, 0.6) is 0 Å². The van der Waals surface area contributed by atoms with Gasteiger partial charge in [0, 0.05) is 67.0 Å². The number of hydrogen-bond donors (Lipinski definition) is 0. The topological polar surface area (TPSA) is 41.1 Å². The lowest BCUT2D eigenvalue weighted by atomic mass is 9.91. The van der Waals surface area contributed by atoms with Crippen molar-refractivity contribution in [3.05, 3.63) is 536 Å². The number of rotatable bonds is 20. The standard InChI is InChI=1S/C66H38F4N4.C64H38F6N2/c1-72-56-20-24-58(25-21-56)74(60-38-50(46-8-4-12-54(69)34-46)31-51(39-60)47-9-5-13-55(70)35-47)64-29-19-43-16-26-61-63(28-18-42-17-27-62(64)66(43)65(42)61)73(57-22-14-41(40-71)15-23-57)59-36-48(44-6-2-10-52(67)32-44)30-49(37-59)45-7-3-11-53(68)33-45;65-49-17-21-55(22-18-49)71(57-35-45(41-5-1-9-51(67)31-41)29-46(36-57)42-6-2-10-52(68)32-42)61-27-15-39-14-26-60-62(28-16-40-13-25-59(61)63(39)64(40)60)72(56-23-19-50(66)20-24-56)58-37-47(43-7-3-11-53(69)33-43)30-48(38-58)44-8-4-12-54(70)34-44/h2-39H;1-38H. The smallest absolute Gasteiger partial charge is 0.187 e. The van der Waals surface area contributed by atoms with E-state index in [0.717, 1.165) is 116 Å². The van der Waals surface area contributed by atoms with Gasteiger partial charge in [0.25, 0.3) is 0 Å². The first-order valence-corrected chi connectivity index (χ1v) is 47.1. The first-order valence-electron chi connectivity index (χ1n) is 47.1. The van der Waals surface area contributed by atoms with Crippen molar-refractivity contribution in [3.8, 4) is 95.1 Å². The van der Waals surface area contributed by atoms with Crippen molar-refractivity contribution in [2.45, 2.75) is 0 Å².